The summed E-state index contributed by atoms with van der Waals surface area (Å²) in [6.45, 7) is 11.6. The van der Waals surface area contributed by atoms with Crippen molar-refractivity contribution < 1.29 is 9.53 Å². The standard InChI is InChI=1S/C17H34N2O2/c1-6-13(2)19-15(20)11-21-17(12-18)9-7-14(8-10-17)16(3,4)5/h13-14H,6-12,18H2,1-5H3,(H,19,20). The Labute approximate surface area is 130 Å². The maximum atomic E-state index is 11.9. The third-order valence-electron chi connectivity index (χ3n) is 5.02. The van der Waals surface area contributed by atoms with Crippen LogP contribution in [-0.4, -0.2) is 30.7 Å². The summed E-state index contributed by atoms with van der Waals surface area (Å²) in [5.74, 6) is 0.685. The maximum absolute atomic E-state index is 11.9. The third kappa shape index (κ3) is 5.59. The van der Waals surface area contributed by atoms with Crippen LogP contribution in [0.5, 0.6) is 0 Å². The van der Waals surface area contributed by atoms with Crippen LogP contribution >= 0.6 is 0 Å². The molecule has 1 aliphatic carbocycles. The van der Waals surface area contributed by atoms with Gasteiger partial charge in [-0.3, -0.25) is 4.79 Å². The van der Waals surface area contributed by atoms with Crippen molar-refractivity contribution in [1.29, 1.82) is 0 Å². The lowest BCUT2D eigenvalue weighted by Crippen LogP contribution is -2.47. The van der Waals surface area contributed by atoms with E-state index < -0.39 is 0 Å². The van der Waals surface area contributed by atoms with Crippen molar-refractivity contribution in [1.82, 2.24) is 5.32 Å². The molecule has 124 valence electrons. The molecule has 1 amide bonds. The molecule has 1 unspecified atom stereocenters. The van der Waals surface area contributed by atoms with Crippen molar-refractivity contribution in [2.24, 2.45) is 17.1 Å². The van der Waals surface area contributed by atoms with Gasteiger partial charge in [-0.2, -0.15) is 0 Å². The molecule has 1 saturated carbocycles. The Morgan fingerprint density at radius 2 is 1.95 bits per heavy atom. The molecule has 1 rings (SSSR count). The van der Waals surface area contributed by atoms with Crippen molar-refractivity contribution in [3.05, 3.63) is 0 Å². The summed E-state index contributed by atoms with van der Waals surface area (Å²) >= 11 is 0. The summed E-state index contributed by atoms with van der Waals surface area (Å²) in [7, 11) is 0. The van der Waals surface area contributed by atoms with Crippen LogP contribution in [0, 0.1) is 11.3 Å². The minimum absolute atomic E-state index is 0.0323. The van der Waals surface area contributed by atoms with E-state index in [-0.39, 0.29) is 24.2 Å². The van der Waals surface area contributed by atoms with Crippen LogP contribution in [0.4, 0.5) is 0 Å². The van der Waals surface area contributed by atoms with Crippen molar-refractivity contribution in [3.63, 3.8) is 0 Å². The predicted molar refractivity (Wildman–Crippen MR) is 87.0 cm³/mol. The SMILES string of the molecule is CCC(C)NC(=O)COC1(CN)CCC(C(C)(C)C)CC1. The number of carbonyl (C=O) groups is 1. The van der Waals surface area contributed by atoms with Crippen LogP contribution in [0.25, 0.3) is 0 Å². The highest BCUT2D eigenvalue weighted by atomic mass is 16.5. The molecule has 0 aromatic carbocycles. The summed E-state index contributed by atoms with van der Waals surface area (Å²) < 4.78 is 5.95. The molecule has 0 spiro atoms. The van der Waals surface area contributed by atoms with E-state index in [0.717, 1.165) is 38.0 Å². The molecule has 0 saturated heterocycles. The van der Waals surface area contributed by atoms with Crippen molar-refractivity contribution in [3.8, 4) is 0 Å². The Kier molecular flexibility index (Phi) is 6.67. The summed E-state index contributed by atoms with van der Waals surface area (Å²) in [5, 5.41) is 2.94. The fraction of sp³-hybridized carbons (Fsp3) is 0.941. The predicted octanol–water partition coefficient (Wildman–Crippen LogP) is 2.85. The van der Waals surface area contributed by atoms with Gasteiger partial charge in [0.05, 0.1) is 5.60 Å². The summed E-state index contributed by atoms with van der Waals surface area (Å²) in [6, 6.07) is 0.201. The number of nitrogens with one attached hydrogen (secondary N) is 1. The highest BCUT2D eigenvalue weighted by Crippen LogP contribution is 2.42. The Hall–Kier alpha value is -0.610. The maximum Gasteiger partial charge on any atom is 0.246 e. The van der Waals surface area contributed by atoms with Gasteiger partial charge >= 0.3 is 0 Å². The van der Waals surface area contributed by atoms with Gasteiger partial charge in [0.2, 0.25) is 5.91 Å². The topological polar surface area (TPSA) is 64.3 Å². The first-order valence-electron chi connectivity index (χ1n) is 8.36. The molecule has 1 atom stereocenters. The molecule has 4 heteroatoms. The quantitative estimate of drug-likeness (QED) is 0.792. The van der Waals surface area contributed by atoms with E-state index in [2.05, 4.69) is 33.0 Å². The first-order valence-corrected chi connectivity index (χ1v) is 8.36. The van der Waals surface area contributed by atoms with E-state index in [1.807, 2.05) is 6.92 Å². The van der Waals surface area contributed by atoms with Crippen LogP contribution in [-0.2, 0) is 9.53 Å². The molecular formula is C17H34N2O2. The number of amides is 1. The molecule has 1 fully saturated rings. The lowest BCUT2D eigenvalue weighted by atomic mass is 9.68. The zero-order valence-corrected chi connectivity index (χ0v) is 14.5. The Balaban J connectivity index is 2.47. The largest absolute Gasteiger partial charge is 0.364 e. The van der Waals surface area contributed by atoms with E-state index in [4.69, 9.17) is 10.5 Å². The lowest BCUT2D eigenvalue weighted by molar-refractivity contribution is -0.137. The number of ether oxygens (including phenoxy) is 1. The molecule has 4 nitrogen and oxygen atoms in total. The van der Waals surface area contributed by atoms with Gasteiger partial charge in [0.15, 0.2) is 0 Å². The minimum Gasteiger partial charge on any atom is -0.364 e. The molecule has 21 heavy (non-hydrogen) atoms. The second kappa shape index (κ2) is 7.59. The van der Waals surface area contributed by atoms with Gasteiger partial charge in [-0.25, -0.2) is 0 Å². The van der Waals surface area contributed by atoms with E-state index >= 15 is 0 Å². The summed E-state index contributed by atoms with van der Waals surface area (Å²) in [5.41, 5.74) is 5.99. The molecule has 0 aliphatic heterocycles. The second-order valence-corrected chi connectivity index (χ2v) is 7.69. The van der Waals surface area contributed by atoms with E-state index in [1.165, 1.54) is 0 Å². The normalized spacial score (nSPS) is 28.2. The zero-order valence-electron chi connectivity index (χ0n) is 14.5. The molecule has 0 radical (unpaired) electrons. The average Bonchev–Trinajstić information content (AvgIpc) is 2.44. The Bertz CT molecular complexity index is 328. The fourth-order valence-corrected chi connectivity index (χ4v) is 3.05. The smallest absolute Gasteiger partial charge is 0.246 e. The van der Waals surface area contributed by atoms with Crippen LogP contribution in [0.3, 0.4) is 0 Å². The molecule has 0 aromatic rings. The Morgan fingerprint density at radius 1 is 1.38 bits per heavy atom. The Morgan fingerprint density at radius 3 is 2.38 bits per heavy atom. The number of nitrogens with two attached hydrogens (primary N) is 1. The van der Waals surface area contributed by atoms with Crippen LogP contribution in [0.15, 0.2) is 0 Å². The van der Waals surface area contributed by atoms with Gasteiger partial charge < -0.3 is 15.8 Å². The van der Waals surface area contributed by atoms with Crippen molar-refractivity contribution >= 4 is 5.91 Å². The summed E-state index contributed by atoms with van der Waals surface area (Å²) in [6.07, 6.45) is 5.12. The van der Waals surface area contributed by atoms with Crippen LogP contribution in [0.2, 0.25) is 0 Å². The molecule has 0 bridgehead atoms. The molecule has 1 aliphatic rings. The summed E-state index contributed by atoms with van der Waals surface area (Å²) in [4.78, 5) is 11.9. The van der Waals surface area contributed by atoms with Crippen LogP contribution in [0.1, 0.15) is 66.7 Å². The van der Waals surface area contributed by atoms with Crippen LogP contribution < -0.4 is 11.1 Å². The third-order valence-corrected chi connectivity index (χ3v) is 5.02. The van der Waals surface area contributed by atoms with E-state index in [1.54, 1.807) is 0 Å². The highest BCUT2D eigenvalue weighted by Gasteiger charge is 2.39. The lowest BCUT2D eigenvalue weighted by Gasteiger charge is -2.43. The number of hydrogen-bond donors (Lipinski definition) is 2. The average molecular weight is 298 g/mol. The van der Waals surface area contributed by atoms with Crippen molar-refractivity contribution in [2.75, 3.05) is 13.2 Å². The first-order chi connectivity index (χ1) is 9.72. The van der Waals surface area contributed by atoms with Crippen molar-refractivity contribution in [2.45, 2.75) is 78.4 Å². The fourth-order valence-electron chi connectivity index (χ4n) is 3.05. The molecule has 3 N–H and O–H groups in total. The van der Waals surface area contributed by atoms with E-state index in [0.29, 0.717) is 12.0 Å². The molecule has 0 heterocycles. The van der Waals surface area contributed by atoms with E-state index in [9.17, 15) is 4.79 Å². The first kappa shape index (κ1) is 18.4. The van der Waals surface area contributed by atoms with Gasteiger partial charge in [-0.1, -0.05) is 27.7 Å². The number of carbonyl (C=O) groups excluding carboxylic acids is 1. The van der Waals surface area contributed by atoms with Gasteiger partial charge in [-0.05, 0) is 50.4 Å². The van der Waals surface area contributed by atoms with Gasteiger partial charge in [-0.15, -0.1) is 0 Å². The number of rotatable bonds is 6. The monoisotopic (exact) mass is 298 g/mol. The molecular weight excluding hydrogens is 264 g/mol. The highest BCUT2D eigenvalue weighted by molar-refractivity contribution is 5.77. The zero-order chi connectivity index (χ0) is 16.1. The minimum atomic E-state index is -0.297. The molecule has 0 aromatic heterocycles. The second-order valence-electron chi connectivity index (χ2n) is 7.69. The van der Waals surface area contributed by atoms with Gasteiger partial charge in [0.25, 0.3) is 0 Å². The van der Waals surface area contributed by atoms with Gasteiger partial charge in [0.1, 0.15) is 6.61 Å². The van der Waals surface area contributed by atoms with Gasteiger partial charge in [0, 0.05) is 12.6 Å². The number of hydrogen-bond acceptors (Lipinski definition) is 3.